The first-order valence-corrected chi connectivity index (χ1v) is 6.52. The van der Waals surface area contributed by atoms with Crippen LogP contribution in [0.2, 0.25) is 0 Å². The second-order valence-corrected chi connectivity index (χ2v) is 6.87. The highest BCUT2D eigenvalue weighted by atomic mass is 16.1. The summed E-state index contributed by atoms with van der Waals surface area (Å²) < 4.78 is 0. The minimum absolute atomic E-state index is 0.0976. The van der Waals surface area contributed by atoms with Crippen LogP contribution in [-0.2, 0) is 4.79 Å². The fourth-order valence-electron chi connectivity index (χ4n) is 3.62. The maximum Gasteiger partial charge on any atom is 0.125 e. The molecule has 0 aromatic heterocycles. The lowest BCUT2D eigenvalue weighted by Crippen LogP contribution is -2.46. The molecule has 2 saturated carbocycles. The van der Waals surface area contributed by atoms with Crippen molar-refractivity contribution in [3.8, 4) is 0 Å². The number of fused-ring (bicyclic) bond motifs is 1. The standard InChI is InChI=1S/C15H24O/c1-11-5-7-15(4,10-16)8-6-13-12(11)9-14(13,2)3/h10,12-13H,1,5-9H2,2-4H3/t12-,13-,15?/m1/s1. The zero-order chi connectivity index (χ0) is 12.0. The molecule has 0 N–H and O–H groups in total. The van der Waals surface area contributed by atoms with Crippen molar-refractivity contribution >= 4 is 6.29 Å². The zero-order valence-corrected chi connectivity index (χ0v) is 10.9. The van der Waals surface area contributed by atoms with Gasteiger partial charge in [0.25, 0.3) is 0 Å². The van der Waals surface area contributed by atoms with E-state index in [-0.39, 0.29) is 5.41 Å². The van der Waals surface area contributed by atoms with E-state index in [1.807, 2.05) is 0 Å². The summed E-state index contributed by atoms with van der Waals surface area (Å²) in [5.74, 6) is 1.51. The van der Waals surface area contributed by atoms with Crippen LogP contribution in [0.1, 0.15) is 52.9 Å². The number of rotatable bonds is 1. The van der Waals surface area contributed by atoms with E-state index >= 15 is 0 Å². The maximum atomic E-state index is 11.2. The second kappa shape index (κ2) is 3.72. The normalized spacial score (nSPS) is 42.6. The third-order valence-electron chi connectivity index (χ3n) is 5.09. The molecule has 2 aliphatic rings. The Balaban J connectivity index is 2.13. The Morgan fingerprint density at radius 3 is 2.56 bits per heavy atom. The number of allylic oxidation sites excluding steroid dienone is 1. The summed E-state index contributed by atoms with van der Waals surface area (Å²) in [6, 6.07) is 0. The summed E-state index contributed by atoms with van der Waals surface area (Å²) >= 11 is 0. The molecular weight excluding hydrogens is 196 g/mol. The van der Waals surface area contributed by atoms with Gasteiger partial charge in [-0.1, -0.05) is 32.9 Å². The Labute approximate surface area is 99.3 Å². The molecule has 90 valence electrons. The summed E-state index contributed by atoms with van der Waals surface area (Å²) in [6.45, 7) is 11.1. The van der Waals surface area contributed by atoms with Gasteiger partial charge >= 0.3 is 0 Å². The Bertz CT molecular complexity index is 315. The van der Waals surface area contributed by atoms with Crippen molar-refractivity contribution < 1.29 is 4.79 Å². The molecule has 0 aliphatic heterocycles. The Morgan fingerprint density at radius 1 is 1.31 bits per heavy atom. The number of aldehydes is 1. The van der Waals surface area contributed by atoms with Crippen LogP contribution in [-0.4, -0.2) is 6.29 Å². The zero-order valence-electron chi connectivity index (χ0n) is 10.9. The molecule has 0 aromatic carbocycles. The van der Waals surface area contributed by atoms with Crippen molar-refractivity contribution in [3.05, 3.63) is 12.2 Å². The van der Waals surface area contributed by atoms with Gasteiger partial charge in [-0.2, -0.15) is 0 Å². The number of hydrogen-bond donors (Lipinski definition) is 0. The fourth-order valence-corrected chi connectivity index (χ4v) is 3.62. The molecule has 2 fully saturated rings. The Kier molecular flexibility index (Phi) is 2.76. The Morgan fingerprint density at radius 2 is 2.00 bits per heavy atom. The highest BCUT2D eigenvalue weighted by molar-refractivity contribution is 5.58. The van der Waals surface area contributed by atoms with E-state index in [2.05, 4.69) is 27.4 Å². The van der Waals surface area contributed by atoms with E-state index in [0.717, 1.165) is 31.1 Å². The summed E-state index contributed by atoms with van der Waals surface area (Å²) in [5.41, 5.74) is 1.77. The van der Waals surface area contributed by atoms with Crippen LogP contribution in [0.5, 0.6) is 0 Å². The average molecular weight is 220 g/mol. The maximum absolute atomic E-state index is 11.2. The molecule has 2 aliphatic carbocycles. The van der Waals surface area contributed by atoms with E-state index in [1.54, 1.807) is 0 Å². The molecule has 0 bridgehead atoms. The monoisotopic (exact) mass is 220 g/mol. The molecular formula is C15H24O. The van der Waals surface area contributed by atoms with Gasteiger partial charge in [-0.05, 0) is 49.4 Å². The smallest absolute Gasteiger partial charge is 0.125 e. The van der Waals surface area contributed by atoms with Gasteiger partial charge in [0.15, 0.2) is 0 Å². The van der Waals surface area contributed by atoms with Crippen molar-refractivity contribution in [1.29, 1.82) is 0 Å². The van der Waals surface area contributed by atoms with Crippen molar-refractivity contribution in [1.82, 2.24) is 0 Å². The Hall–Kier alpha value is -0.590. The third kappa shape index (κ3) is 1.85. The van der Waals surface area contributed by atoms with E-state index in [9.17, 15) is 4.79 Å². The second-order valence-electron chi connectivity index (χ2n) is 6.87. The summed E-state index contributed by atoms with van der Waals surface area (Å²) in [7, 11) is 0. The lowest BCUT2D eigenvalue weighted by molar-refractivity contribution is -0.117. The first-order valence-electron chi connectivity index (χ1n) is 6.52. The van der Waals surface area contributed by atoms with Crippen LogP contribution in [0, 0.1) is 22.7 Å². The van der Waals surface area contributed by atoms with Gasteiger partial charge in [-0.25, -0.2) is 0 Å². The predicted molar refractivity (Wildman–Crippen MR) is 67.2 cm³/mol. The molecule has 1 nitrogen and oxygen atoms in total. The number of hydrogen-bond acceptors (Lipinski definition) is 1. The lowest BCUT2D eigenvalue weighted by Gasteiger charge is -2.54. The van der Waals surface area contributed by atoms with Crippen LogP contribution in [0.4, 0.5) is 0 Å². The molecule has 0 radical (unpaired) electrons. The van der Waals surface area contributed by atoms with Gasteiger partial charge in [-0.15, -0.1) is 0 Å². The SMILES string of the molecule is C=C1CCC(C)(C=O)CC[C@@H]2[C@@H]1CC2(C)C. The van der Waals surface area contributed by atoms with E-state index in [4.69, 9.17) is 0 Å². The van der Waals surface area contributed by atoms with Crippen LogP contribution >= 0.6 is 0 Å². The van der Waals surface area contributed by atoms with Crippen molar-refractivity contribution in [3.63, 3.8) is 0 Å². The van der Waals surface area contributed by atoms with Crippen LogP contribution in [0.3, 0.4) is 0 Å². The molecule has 1 unspecified atom stereocenters. The molecule has 0 aromatic rings. The highest BCUT2D eigenvalue weighted by Gasteiger charge is 2.49. The first-order chi connectivity index (χ1) is 7.38. The average Bonchev–Trinajstić information content (AvgIpc) is 2.22. The lowest BCUT2D eigenvalue weighted by atomic mass is 9.50. The van der Waals surface area contributed by atoms with Crippen molar-refractivity contribution in [2.75, 3.05) is 0 Å². The predicted octanol–water partition coefficient (Wildman–Crippen LogP) is 3.98. The molecule has 0 heterocycles. The summed E-state index contributed by atoms with van der Waals surface area (Å²) in [5, 5.41) is 0. The van der Waals surface area contributed by atoms with Crippen LogP contribution in [0.15, 0.2) is 12.2 Å². The number of carbonyl (C=O) groups excluding carboxylic acids is 1. The van der Waals surface area contributed by atoms with Crippen molar-refractivity contribution in [2.45, 2.75) is 52.9 Å². The van der Waals surface area contributed by atoms with E-state index in [1.165, 1.54) is 24.7 Å². The largest absolute Gasteiger partial charge is 0.303 e. The van der Waals surface area contributed by atoms with Gasteiger partial charge in [0.2, 0.25) is 0 Å². The molecule has 16 heavy (non-hydrogen) atoms. The summed E-state index contributed by atoms with van der Waals surface area (Å²) in [6.07, 6.45) is 6.78. The number of carbonyl (C=O) groups is 1. The van der Waals surface area contributed by atoms with Gasteiger partial charge in [0.1, 0.15) is 6.29 Å². The molecule has 0 amide bonds. The minimum Gasteiger partial charge on any atom is -0.303 e. The summed E-state index contributed by atoms with van der Waals surface area (Å²) in [4.78, 5) is 11.2. The van der Waals surface area contributed by atoms with Crippen LogP contribution in [0.25, 0.3) is 0 Å². The minimum atomic E-state index is -0.0976. The molecule has 2 rings (SSSR count). The van der Waals surface area contributed by atoms with Gasteiger partial charge in [0, 0.05) is 5.41 Å². The first kappa shape index (κ1) is 11.9. The molecule has 1 heteroatoms. The third-order valence-corrected chi connectivity index (χ3v) is 5.09. The van der Waals surface area contributed by atoms with Crippen molar-refractivity contribution in [2.24, 2.45) is 22.7 Å². The van der Waals surface area contributed by atoms with E-state index in [0.29, 0.717) is 5.41 Å². The topological polar surface area (TPSA) is 17.1 Å². The van der Waals surface area contributed by atoms with Gasteiger partial charge in [0.05, 0.1) is 0 Å². The van der Waals surface area contributed by atoms with E-state index < -0.39 is 0 Å². The fraction of sp³-hybridized carbons (Fsp3) is 0.800. The molecule has 3 atom stereocenters. The van der Waals surface area contributed by atoms with Gasteiger partial charge < -0.3 is 4.79 Å². The van der Waals surface area contributed by atoms with Gasteiger partial charge in [-0.3, -0.25) is 0 Å². The molecule has 0 spiro atoms. The highest BCUT2D eigenvalue weighted by Crippen LogP contribution is 2.58. The van der Waals surface area contributed by atoms with Crippen LogP contribution < -0.4 is 0 Å². The molecule has 0 saturated heterocycles. The quantitative estimate of drug-likeness (QED) is 0.482.